The van der Waals surface area contributed by atoms with Gasteiger partial charge in [0, 0.05) is 44.2 Å². The lowest BCUT2D eigenvalue weighted by atomic mass is 10.2. The molecule has 0 unspecified atom stereocenters. The summed E-state index contributed by atoms with van der Waals surface area (Å²) >= 11 is 1.54. The predicted molar refractivity (Wildman–Crippen MR) is 98.8 cm³/mol. The van der Waals surface area contributed by atoms with E-state index in [1.165, 1.54) is 0 Å². The molecular weight excluding hydrogens is 352 g/mol. The van der Waals surface area contributed by atoms with Crippen LogP contribution in [-0.2, 0) is 16.0 Å². The normalized spacial score (nSPS) is 14.3. The molecule has 26 heavy (non-hydrogen) atoms. The first kappa shape index (κ1) is 18.3. The quantitative estimate of drug-likeness (QED) is 0.803. The number of amides is 2. The highest BCUT2D eigenvalue weighted by Gasteiger charge is 2.24. The summed E-state index contributed by atoms with van der Waals surface area (Å²) in [5, 5.41) is 2.85. The van der Waals surface area contributed by atoms with Crippen LogP contribution in [0.15, 0.2) is 29.8 Å². The van der Waals surface area contributed by atoms with Gasteiger partial charge in [0.1, 0.15) is 5.01 Å². The maximum absolute atomic E-state index is 12.4. The number of piperazine rings is 1. The molecule has 2 amide bonds. The van der Waals surface area contributed by atoms with E-state index in [2.05, 4.69) is 9.97 Å². The minimum Gasteiger partial charge on any atom is -0.450 e. The average molecular weight is 374 g/mol. The van der Waals surface area contributed by atoms with Crippen LogP contribution in [0, 0.1) is 0 Å². The second-order valence-electron chi connectivity index (χ2n) is 5.93. The molecule has 0 bridgehead atoms. The van der Waals surface area contributed by atoms with Crippen LogP contribution >= 0.6 is 11.3 Å². The number of carbonyl (C=O) groups is 2. The van der Waals surface area contributed by atoms with Crippen LogP contribution in [0.25, 0.3) is 10.7 Å². The topological polar surface area (TPSA) is 75.6 Å². The van der Waals surface area contributed by atoms with Crippen LogP contribution in [0.2, 0.25) is 0 Å². The highest BCUT2D eigenvalue weighted by atomic mass is 32.1. The Balaban J connectivity index is 1.46. The summed E-state index contributed by atoms with van der Waals surface area (Å²) in [6, 6.07) is 5.73. The van der Waals surface area contributed by atoms with E-state index in [1.54, 1.807) is 29.4 Å². The zero-order chi connectivity index (χ0) is 18.4. The molecule has 1 aliphatic heterocycles. The summed E-state index contributed by atoms with van der Waals surface area (Å²) in [7, 11) is 0. The Morgan fingerprint density at radius 2 is 1.96 bits per heavy atom. The third-order valence-corrected chi connectivity index (χ3v) is 5.10. The zero-order valence-electron chi connectivity index (χ0n) is 14.8. The molecule has 0 N–H and O–H groups in total. The number of aryl methyl sites for hydroxylation is 1. The Bertz CT molecular complexity index is 742. The highest BCUT2D eigenvalue weighted by Crippen LogP contribution is 2.22. The summed E-state index contributed by atoms with van der Waals surface area (Å²) in [6.45, 7) is 4.29. The molecule has 0 aliphatic carbocycles. The van der Waals surface area contributed by atoms with Gasteiger partial charge in [-0.2, -0.15) is 0 Å². The molecule has 2 aromatic heterocycles. The van der Waals surface area contributed by atoms with Crippen molar-refractivity contribution in [3.8, 4) is 10.7 Å². The minimum atomic E-state index is -0.302. The van der Waals surface area contributed by atoms with Crippen LogP contribution < -0.4 is 0 Å². The van der Waals surface area contributed by atoms with Crippen molar-refractivity contribution >= 4 is 23.3 Å². The molecule has 1 saturated heterocycles. The molecule has 7 nitrogen and oxygen atoms in total. The van der Waals surface area contributed by atoms with Crippen molar-refractivity contribution in [2.75, 3.05) is 32.8 Å². The molecule has 138 valence electrons. The van der Waals surface area contributed by atoms with E-state index in [-0.39, 0.29) is 12.0 Å². The lowest BCUT2D eigenvalue weighted by molar-refractivity contribution is -0.132. The molecule has 2 aromatic rings. The molecule has 1 aliphatic rings. The van der Waals surface area contributed by atoms with Crippen LogP contribution in [0.1, 0.15) is 19.0 Å². The van der Waals surface area contributed by atoms with Gasteiger partial charge in [0.15, 0.2) is 0 Å². The largest absolute Gasteiger partial charge is 0.450 e. The van der Waals surface area contributed by atoms with Crippen LogP contribution in [0.5, 0.6) is 0 Å². The van der Waals surface area contributed by atoms with E-state index in [0.29, 0.717) is 45.6 Å². The molecule has 0 spiro atoms. The van der Waals surface area contributed by atoms with Crippen molar-refractivity contribution in [3.63, 3.8) is 0 Å². The van der Waals surface area contributed by atoms with E-state index in [1.807, 2.05) is 28.5 Å². The average Bonchev–Trinajstić information content (AvgIpc) is 3.16. The zero-order valence-corrected chi connectivity index (χ0v) is 15.6. The fourth-order valence-electron chi connectivity index (χ4n) is 2.78. The molecule has 0 saturated carbocycles. The summed E-state index contributed by atoms with van der Waals surface area (Å²) in [5.41, 5.74) is 1.76. The second kappa shape index (κ2) is 8.75. The van der Waals surface area contributed by atoms with Gasteiger partial charge in [-0.05, 0) is 25.5 Å². The third kappa shape index (κ3) is 4.57. The number of aromatic nitrogens is 2. The van der Waals surface area contributed by atoms with E-state index in [0.717, 1.165) is 16.4 Å². The number of hydrogen-bond donors (Lipinski definition) is 0. The molecule has 1 fully saturated rings. The SMILES string of the molecule is CCOC(=O)N1CCN(C(=O)CCc2csc(-c3ccccn3)n2)CC1. The maximum atomic E-state index is 12.4. The van der Waals surface area contributed by atoms with Gasteiger partial charge in [-0.15, -0.1) is 11.3 Å². The first-order chi connectivity index (χ1) is 12.7. The molecule has 0 atom stereocenters. The van der Waals surface area contributed by atoms with Gasteiger partial charge in [-0.25, -0.2) is 9.78 Å². The second-order valence-corrected chi connectivity index (χ2v) is 6.78. The first-order valence-corrected chi connectivity index (χ1v) is 9.60. The Kier molecular flexibility index (Phi) is 6.17. The van der Waals surface area contributed by atoms with E-state index in [9.17, 15) is 9.59 Å². The van der Waals surface area contributed by atoms with E-state index in [4.69, 9.17) is 4.74 Å². The smallest absolute Gasteiger partial charge is 0.409 e. The number of ether oxygens (including phenoxy) is 1. The fourth-order valence-corrected chi connectivity index (χ4v) is 3.60. The third-order valence-electron chi connectivity index (χ3n) is 4.19. The number of thiazole rings is 1. The fraction of sp³-hybridized carbons (Fsp3) is 0.444. The Labute approximate surface area is 156 Å². The highest BCUT2D eigenvalue weighted by molar-refractivity contribution is 7.13. The van der Waals surface area contributed by atoms with E-state index < -0.39 is 0 Å². The Morgan fingerprint density at radius 1 is 1.19 bits per heavy atom. The van der Waals surface area contributed by atoms with E-state index >= 15 is 0 Å². The van der Waals surface area contributed by atoms with Gasteiger partial charge in [-0.1, -0.05) is 6.07 Å². The molecule has 0 aromatic carbocycles. The summed E-state index contributed by atoms with van der Waals surface area (Å²) in [6.07, 6.45) is 2.48. The summed E-state index contributed by atoms with van der Waals surface area (Å²) in [4.78, 5) is 36.4. The van der Waals surface area contributed by atoms with Crippen LogP contribution in [0.3, 0.4) is 0 Å². The van der Waals surface area contributed by atoms with Gasteiger partial charge in [0.2, 0.25) is 5.91 Å². The van der Waals surface area contributed by atoms with Crippen molar-refractivity contribution in [2.24, 2.45) is 0 Å². The maximum Gasteiger partial charge on any atom is 0.409 e. The van der Waals surface area contributed by atoms with Gasteiger partial charge < -0.3 is 14.5 Å². The van der Waals surface area contributed by atoms with Crippen molar-refractivity contribution in [3.05, 3.63) is 35.5 Å². The Morgan fingerprint density at radius 3 is 2.65 bits per heavy atom. The molecule has 8 heteroatoms. The number of carbonyl (C=O) groups excluding carboxylic acids is 2. The lowest BCUT2D eigenvalue weighted by Gasteiger charge is -2.34. The van der Waals surface area contributed by atoms with Crippen LogP contribution in [-0.4, -0.2) is 64.6 Å². The molecule has 3 heterocycles. The molecular formula is C18H22N4O3S. The summed E-state index contributed by atoms with van der Waals surface area (Å²) in [5.74, 6) is 0.0981. The predicted octanol–water partition coefficient (Wildman–Crippen LogP) is 2.44. The lowest BCUT2D eigenvalue weighted by Crippen LogP contribution is -2.50. The molecule has 3 rings (SSSR count). The van der Waals surface area contributed by atoms with Crippen LogP contribution in [0.4, 0.5) is 4.79 Å². The summed E-state index contributed by atoms with van der Waals surface area (Å²) < 4.78 is 4.99. The Hall–Kier alpha value is -2.48. The standard InChI is InChI=1S/C18H22N4O3S/c1-2-25-18(24)22-11-9-21(10-12-22)16(23)7-6-14-13-26-17(20-14)15-5-3-4-8-19-15/h3-5,8,13H,2,6-7,9-12H2,1H3. The van der Waals surface area contributed by atoms with Crippen molar-refractivity contribution < 1.29 is 14.3 Å². The first-order valence-electron chi connectivity index (χ1n) is 8.72. The van der Waals surface area contributed by atoms with Gasteiger partial charge in [-0.3, -0.25) is 9.78 Å². The van der Waals surface area contributed by atoms with Gasteiger partial charge in [0.05, 0.1) is 18.0 Å². The van der Waals surface area contributed by atoms with Crippen molar-refractivity contribution in [1.29, 1.82) is 0 Å². The number of nitrogens with zero attached hydrogens (tertiary/aromatic N) is 4. The van der Waals surface area contributed by atoms with Crippen molar-refractivity contribution in [2.45, 2.75) is 19.8 Å². The van der Waals surface area contributed by atoms with Gasteiger partial charge in [0.25, 0.3) is 0 Å². The minimum absolute atomic E-state index is 0.0981. The number of rotatable bonds is 5. The van der Waals surface area contributed by atoms with Gasteiger partial charge >= 0.3 is 6.09 Å². The monoisotopic (exact) mass is 374 g/mol. The number of hydrogen-bond acceptors (Lipinski definition) is 6. The number of pyridine rings is 1. The molecule has 0 radical (unpaired) electrons. The van der Waals surface area contributed by atoms with Crippen molar-refractivity contribution in [1.82, 2.24) is 19.8 Å².